The van der Waals surface area contributed by atoms with E-state index in [2.05, 4.69) is 23.5 Å². The van der Waals surface area contributed by atoms with Crippen molar-refractivity contribution in [1.29, 1.82) is 0 Å². The Morgan fingerprint density at radius 2 is 2.00 bits per heavy atom. The summed E-state index contributed by atoms with van der Waals surface area (Å²) in [4.78, 5) is 3.13. The standard InChI is InChI=1S/C17H18ClNS/c18-14-5-4-11-7-15(8-13(11)6-14)19-10-16-9-12-2-1-3-17(12)20-16/h4-6,9,15,19H,1-3,7-8,10H2. The highest BCUT2D eigenvalue weighted by molar-refractivity contribution is 7.12. The molecule has 2 aromatic rings. The van der Waals surface area contributed by atoms with Crippen LogP contribution in [0.15, 0.2) is 24.3 Å². The van der Waals surface area contributed by atoms with Crippen molar-refractivity contribution in [1.82, 2.24) is 5.32 Å². The predicted molar refractivity (Wildman–Crippen MR) is 85.8 cm³/mol. The fourth-order valence-electron chi connectivity index (χ4n) is 3.45. The number of fused-ring (bicyclic) bond motifs is 2. The van der Waals surface area contributed by atoms with Gasteiger partial charge >= 0.3 is 0 Å². The average Bonchev–Trinajstić information content (AvgIpc) is 3.08. The van der Waals surface area contributed by atoms with E-state index in [9.17, 15) is 0 Å². The molecule has 1 heterocycles. The Kier molecular flexibility index (Phi) is 3.33. The molecule has 0 saturated carbocycles. The van der Waals surface area contributed by atoms with Gasteiger partial charge in [-0.1, -0.05) is 17.7 Å². The Hall–Kier alpha value is -0.830. The minimum Gasteiger partial charge on any atom is -0.308 e. The lowest BCUT2D eigenvalue weighted by Crippen LogP contribution is -2.28. The second kappa shape index (κ2) is 5.18. The number of hydrogen-bond acceptors (Lipinski definition) is 2. The van der Waals surface area contributed by atoms with Crippen LogP contribution in [0.4, 0.5) is 0 Å². The summed E-state index contributed by atoms with van der Waals surface area (Å²) in [6.07, 6.45) is 6.19. The molecule has 2 aliphatic rings. The highest BCUT2D eigenvalue weighted by Crippen LogP contribution is 2.31. The molecule has 0 amide bonds. The summed E-state index contributed by atoms with van der Waals surface area (Å²) < 4.78 is 0. The molecule has 0 fully saturated rings. The molecule has 104 valence electrons. The average molecular weight is 304 g/mol. The molecule has 1 atom stereocenters. The minimum atomic E-state index is 0.570. The van der Waals surface area contributed by atoms with Crippen molar-refractivity contribution in [3.8, 4) is 0 Å². The van der Waals surface area contributed by atoms with Crippen LogP contribution in [0.2, 0.25) is 5.02 Å². The molecule has 20 heavy (non-hydrogen) atoms. The topological polar surface area (TPSA) is 12.0 Å². The molecular formula is C17H18ClNS. The van der Waals surface area contributed by atoms with Gasteiger partial charge in [0.25, 0.3) is 0 Å². The summed E-state index contributed by atoms with van der Waals surface area (Å²) in [6, 6.07) is 9.29. The molecule has 0 spiro atoms. The second-order valence-electron chi connectivity index (χ2n) is 5.91. The number of thiophene rings is 1. The third-order valence-corrected chi connectivity index (χ3v) is 5.94. The van der Waals surface area contributed by atoms with E-state index in [4.69, 9.17) is 11.6 Å². The summed E-state index contributed by atoms with van der Waals surface area (Å²) in [7, 11) is 0. The van der Waals surface area contributed by atoms with Gasteiger partial charge < -0.3 is 5.32 Å². The first-order valence-corrected chi connectivity index (χ1v) is 8.58. The van der Waals surface area contributed by atoms with E-state index in [1.807, 2.05) is 17.4 Å². The summed E-state index contributed by atoms with van der Waals surface area (Å²) >= 11 is 8.08. The highest BCUT2D eigenvalue weighted by Gasteiger charge is 2.21. The lowest BCUT2D eigenvalue weighted by molar-refractivity contribution is 0.536. The molecule has 1 unspecified atom stereocenters. The van der Waals surface area contributed by atoms with Crippen LogP contribution < -0.4 is 5.32 Å². The van der Waals surface area contributed by atoms with Crippen LogP contribution in [-0.4, -0.2) is 6.04 Å². The lowest BCUT2D eigenvalue weighted by atomic mass is 10.1. The van der Waals surface area contributed by atoms with Crippen molar-refractivity contribution < 1.29 is 0 Å². The molecule has 3 heteroatoms. The normalized spacial score (nSPS) is 20.1. The second-order valence-corrected chi connectivity index (χ2v) is 7.57. The van der Waals surface area contributed by atoms with Crippen molar-refractivity contribution in [2.45, 2.75) is 44.7 Å². The summed E-state index contributed by atoms with van der Waals surface area (Å²) in [5.74, 6) is 0. The number of benzene rings is 1. The lowest BCUT2D eigenvalue weighted by Gasteiger charge is -2.10. The van der Waals surface area contributed by atoms with Gasteiger partial charge in [0.15, 0.2) is 0 Å². The van der Waals surface area contributed by atoms with Gasteiger partial charge in [0.05, 0.1) is 0 Å². The largest absolute Gasteiger partial charge is 0.308 e. The van der Waals surface area contributed by atoms with Crippen LogP contribution >= 0.6 is 22.9 Å². The molecule has 0 saturated heterocycles. The SMILES string of the molecule is Clc1ccc2c(c1)CC(NCc1cc3c(s1)CCC3)C2. The molecule has 0 aliphatic heterocycles. The maximum atomic E-state index is 6.07. The summed E-state index contributed by atoms with van der Waals surface area (Å²) in [5, 5.41) is 4.58. The maximum Gasteiger partial charge on any atom is 0.0408 e. The third kappa shape index (κ3) is 2.41. The Morgan fingerprint density at radius 3 is 2.90 bits per heavy atom. The zero-order chi connectivity index (χ0) is 13.5. The van der Waals surface area contributed by atoms with Gasteiger partial charge in [0.2, 0.25) is 0 Å². The van der Waals surface area contributed by atoms with E-state index in [0.717, 1.165) is 24.4 Å². The van der Waals surface area contributed by atoms with Gasteiger partial charge in [0, 0.05) is 27.4 Å². The molecule has 1 aromatic heterocycles. The number of halogens is 1. The van der Waals surface area contributed by atoms with Crippen molar-refractivity contribution >= 4 is 22.9 Å². The number of nitrogens with one attached hydrogen (secondary N) is 1. The molecule has 1 N–H and O–H groups in total. The fraction of sp³-hybridized carbons (Fsp3) is 0.412. The Morgan fingerprint density at radius 1 is 1.10 bits per heavy atom. The molecule has 1 aromatic carbocycles. The molecular weight excluding hydrogens is 286 g/mol. The van der Waals surface area contributed by atoms with Gasteiger partial charge in [-0.25, -0.2) is 0 Å². The van der Waals surface area contributed by atoms with Crippen LogP contribution in [-0.2, 0) is 32.2 Å². The van der Waals surface area contributed by atoms with Gasteiger partial charge in [0.1, 0.15) is 0 Å². The van der Waals surface area contributed by atoms with Crippen LogP contribution in [0.3, 0.4) is 0 Å². The smallest absolute Gasteiger partial charge is 0.0408 e. The predicted octanol–water partition coefficient (Wildman–Crippen LogP) is 4.15. The van der Waals surface area contributed by atoms with Gasteiger partial charge in [-0.3, -0.25) is 0 Å². The minimum absolute atomic E-state index is 0.570. The van der Waals surface area contributed by atoms with Crippen LogP contribution in [0.5, 0.6) is 0 Å². The van der Waals surface area contributed by atoms with Gasteiger partial charge in [-0.05, 0) is 67.0 Å². The third-order valence-electron chi connectivity index (χ3n) is 4.46. The van der Waals surface area contributed by atoms with Gasteiger partial charge in [-0.15, -0.1) is 11.3 Å². The van der Waals surface area contributed by atoms with E-state index in [1.165, 1.54) is 35.3 Å². The van der Waals surface area contributed by atoms with Crippen LogP contribution in [0.1, 0.15) is 32.9 Å². The van der Waals surface area contributed by atoms with Crippen LogP contribution in [0, 0.1) is 0 Å². The van der Waals surface area contributed by atoms with Crippen LogP contribution in [0.25, 0.3) is 0 Å². The van der Waals surface area contributed by atoms with Crippen molar-refractivity contribution in [3.63, 3.8) is 0 Å². The quantitative estimate of drug-likeness (QED) is 0.898. The first kappa shape index (κ1) is 12.9. The molecule has 1 nitrogen and oxygen atoms in total. The maximum absolute atomic E-state index is 6.07. The van der Waals surface area contributed by atoms with E-state index in [-0.39, 0.29) is 0 Å². The zero-order valence-electron chi connectivity index (χ0n) is 11.4. The van der Waals surface area contributed by atoms with E-state index < -0.39 is 0 Å². The number of aryl methyl sites for hydroxylation is 2. The van der Waals surface area contributed by atoms with E-state index >= 15 is 0 Å². The zero-order valence-corrected chi connectivity index (χ0v) is 13.0. The summed E-state index contributed by atoms with van der Waals surface area (Å²) in [6.45, 7) is 1.02. The fourth-order valence-corrected chi connectivity index (χ4v) is 4.86. The Bertz CT molecular complexity index is 625. The Balaban J connectivity index is 1.39. The number of rotatable bonds is 3. The van der Waals surface area contributed by atoms with Crippen molar-refractivity contribution in [3.05, 3.63) is 55.7 Å². The molecule has 2 aliphatic carbocycles. The highest BCUT2D eigenvalue weighted by atomic mass is 35.5. The molecule has 0 bridgehead atoms. The van der Waals surface area contributed by atoms with E-state index in [0.29, 0.717) is 6.04 Å². The van der Waals surface area contributed by atoms with E-state index in [1.54, 1.807) is 10.4 Å². The van der Waals surface area contributed by atoms with Crippen molar-refractivity contribution in [2.75, 3.05) is 0 Å². The Labute approximate surface area is 129 Å². The number of hydrogen-bond donors (Lipinski definition) is 1. The van der Waals surface area contributed by atoms with Crippen molar-refractivity contribution in [2.24, 2.45) is 0 Å². The first-order chi connectivity index (χ1) is 9.78. The molecule has 4 rings (SSSR count). The molecule has 0 radical (unpaired) electrons. The monoisotopic (exact) mass is 303 g/mol. The summed E-state index contributed by atoms with van der Waals surface area (Å²) in [5.41, 5.74) is 4.48. The first-order valence-electron chi connectivity index (χ1n) is 7.39. The van der Waals surface area contributed by atoms with Gasteiger partial charge in [-0.2, -0.15) is 0 Å².